The third-order valence-electron chi connectivity index (χ3n) is 11.4. The van der Waals surface area contributed by atoms with Crippen LogP contribution in [0.15, 0.2) is 199 Å². The van der Waals surface area contributed by atoms with E-state index in [1.165, 1.54) is 58.5 Å². The van der Waals surface area contributed by atoms with E-state index in [1.54, 1.807) is 0 Å². The molecular weight excluding hydrogens is 701 g/mol. The van der Waals surface area contributed by atoms with Gasteiger partial charge in [0.15, 0.2) is 0 Å². The van der Waals surface area contributed by atoms with E-state index in [-0.39, 0.29) is 0 Å². The van der Waals surface area contributed by atoms with Crippen LogP contribution in [0.25, 0.3) is 91.5 Å². The van der Waals surface area contributed by atoms with Gasteiger partial charge in [0.25, 0.3) is 0 Å². The number of rotatable bonds is 5. The number of para-hydroxylation sites is 2. The molecule has 0 unspecified atom stereocenters. The first-order chi connectivity index (χ1) is 27.8. The maximum Gasteiger partial charge on any atom is 0.143 e. The van der Waals surface area contributed by atoms with Gasteiger partial charge in [-0.1, -0.05) is 109 Å². The van der Waals surface area contributed by atoms with Crippen molar-refractivity contribution in [1.29, 1.82) is 0 Å². The molecule has 56 heavy (non-hydrogen) atoms. The van der Waals surface area contributed by atoms with Crippen molar-refractivity contribution >= 4 is 103 Å². The molecule has 0 bridgehead atoms. The maximum absolute atomic E-state index is 6.71. The highest BCUT2D eigenvalue weighted by Crippen LogP contribution is 2.46. The minimum atomic E-state index is 0.867. The molecule has 0 aliphatic carbocycles. The number of hydrogen-bond acceptors (Lipinski definition) is 3. The van der Waals surface area contributed by atoms with E-state index in [2.05, 4.69) is 204 Å². The van der Waals surface area contributed by atoms with Gasteiger partial charge in [-0.25, -0.2) is 0 Å². The summed E-state index contributed by atoms with van der Waals surface area (Å²) in [4.78, 5) is 2.39. The first kappa shape index (κ1) is 31.2. The fourth-order valence-electron chi connectivity index (χ4n) is 8.83. The molecule has 0 atom stereocenters. The van der Waals surface area contributed by atoms with Crippen molar-refractivity contribution in [2.75, 3.05) is 4.90 Å². The first-order valence-electron chi connectivity index (χ1n) is 19.0. The Morgan fingerprint density at radius 2 is 1.11 bits per heavy atom. The molecule has 0 amide bonds. The van der Waals surface area contributed by atoms with Gasteiger partial charge in [-0.2, -0.15) is 0 Å². The molecule has 3 nitrogen and oxygen atoms in total. The predicted octanol–water partition coefficient (Wildman–Crippen LogP) is 15.3. The molecule has 12 rings (SSSR count). The highest BCUT2D eigenvalue weighted by molar-refractivity contribution is 7.25. The first-order valence-corrected chi connectivity index (χ1v) is 19.8. The van der Waals surface area contributed by atoms with Gasteiger partial charge in [-0.3, -0.25) is 0 Å². The van der Waals surface area contributed by atoms with Gasteiger partial charge < -0.3 is 13.9 Å². The van der Waals surface area contributed by atoms with Gasteiger partial charge >= 0.3 is 0 Å². The molecule has 12 aromatic rings. The van der Waals surface area contributed by atoms with E-state index in [1.807, 2.05) is 11.3 Å². The molecule has 0 aliphatic heterocycles. The molecule has 0 radical (unpaired) electrons. The molecule has 9 aromatic carbocycles. The number of anilines is 3. The zero-order valence-electron chi connectivity index (χ0n) is 30.2. The zero-order valence-corrected chi connectivity index (χ0v) is 31.0. The lowest BCUT2D eigenvalue weighted by atomic mass is 10.0. The van der Waals surface area contributed by atoms with Gasteiger partial charge in [0.2, 0.25) is 0 Å². The molecule has 0 saturated carbocycles. The summed E-state index contributed by atoms with van der Waals surface area (Å²) in [5.74, 6) is 0. The third-order valence-corrected chi connectivity index (χ3v) is 12.5. The summed E-state index contributed by atoms with van der Waals surface area (Å²) in [5.41, 5.74) is 10.9. The highest BCUT2D eigenvalue weighted by atomic mass is 32.1. The summed E-state index contributed by atoms with van der Waals surface area (Å²) in [6, 6.07) is 70.2. The van der Waals surface area contributed by atoms with E-state index in [0.29, 0.717) is 0 Å². The highest BCUT2D eigenvalue weighted by Gasteiger charge is 2.21. The number of benzene rings is 9. The quantitative estimate of drug-likeness (QED) is 0.176. The lowest BCUT2D eigenvalue weighted by molar-refractivity contribution is 0.672. The Hall–Kier alpha value is -7.14. The summed E-state index contributed by atoms with van der Waals surface area (Å²) in [5, 5.41) is 9.60. The number of nitrogens with zero attached hydrogens (tertiary/aromatic N) is 2. The normalized spacial score (nSPS) is 11.9. The van der Waals surface area contributed by atoms with Crippen LogP contribution in [-0.4, -0.2) is 4.57 Å². The van der Waals surface area contributed by atoms with E-state index in [4.69, 9.17) is 4.42 Å². The van der Waals surface area contributed by atoms with Gasteiger partial charge in [0, 0.05) is 58.8 Å². The van der Waals surface area contributed by atoms with Crippen LogP contribution in [0.4, 0.5) is 17.1 Å². The molecule has 3 aromatic heterocycles. The molecule has 0 spiro atoms. The van der Waals surface area contributed by atoms with Gasteiger partial charge in [0.1, 0.15) is 11.2 Å². The lowest BCUT2D eigenvalue weighted by Gasteiger charge is -2.27. The average Bonchev–Trinajstić information content (AvgIpc) is 3.94. The van der Waals surface area contributed by atoms with Crippen LogP contribution < -0.4 is 4.90 Å². The minimum Gasteiger partial charge on any atom is -0.455 e. The van der Waals surface area contributed by atoms with Gasteiger partial charge in [-0.15, -0.1) is 11.3 Å². The fraction of sp³-hybridized carbons (Fsp3) is 0. The Labute approximate surface area is 326 Å². The second kappa shape index (κ2) is 12.2. The van der Waals surface area contributed by atoms with Crippen LogP contribution in [0.2, 0.25) is 0 Å². The van der Waals surface area contributed by atoms with Crippen LogP contribution in [-0.2, 0) is 0 Å². The van der Waals surface area contributed by atoms with Crippen molar-refractivity contribution in [3.63, 3.8) is 0 Å². The Bertz CT molecular complexity index is 3440. The molecule has 4 heteroatoms. The smallest absolute Gasteiger partial charge is 0.143 e. The molecule has 0 aliphatic rings. The lowest BCUT2D eigenvalue weighted by Crippen LogP contribution is -2.10. The van der Waals surface area contributed by atoms with E-state index in [9.17, 15) is 0 Å². The fourth-order valence-corrected chi connectivity index (χ4v) is 9.92. The van der Waals surface area contributed by atoms with Crippen molar-refractivity contribution in [3.8, 4) is 16.8 Å². The topological polar surface area (TPSA) is 21.3 Å². The van der Waals surface area contributed by atoms with Crippen LogP contribution >= 0.6 is 11.3 Å². The summed E-state index contributed by atoms with van der Waals surface area (Å²) in [6.07, 6.45) is 0. The van der Waals surface area contributed by atoms with Crippen molar-refractivity contribution in [1.82, 2.24) is 4.57 Å². The van der Waals surface area contributed by atoms with Crippen LogP contribution in [0.1, 0.15) is 0 Å². The standard InChI is InChI=1S/C52H32N2OS/c1-2-14-39-33(11-1)23-29-43-51-47(20-10-21-48(51)55-52(39)43)53(36-25-27-37(28-26-36)54-45-18-6-3-15-40(45)41-16-4-7-19-46(41)54)38-13-9-12-34(31-38)35-24-30-50-44(32-35)42-17-5-8-22-49(42)56-50/h1-32H. The largest absolute Gasteiger partial charge is 0.455 e. The van der Waals surface area contributed by atoms with Crippen LogP contribution in [0, 0.1) is 0 Å². The summed E-state index contributed by atoms with van der Waals surface area (Å²) in [7, 11) is 0. The van der Waals surface area contributed by atoms with Crippen molar-refractivity contribution in [2.45, 2.75) is 0 Å². The monoisotopic (exact) mass is 732 g/mol. The van der Waals surface area contributed by atoms with Crippen LogP contribution in [0.5, 0.6) is 0 Å². The number of furan rings is 1. The Balaban J connectivity index is 1.07. The van der Waals surface area contributed by atoms with E-state index < -0.39 is 0 Å². The van der Waals surface area contributed by atoms with Gasteiger partial charge in [0.05, 0.1) is 22.1 Å². The average molecular weight is 733 g/mol. The van der Waals surface area contributed by atoms with E-state index >= 15 is 0 Å². The second-order valence-electron chi connectivity index (χ2n) is 14.5. The minimum absolute atomic E-state index is 0.867. The molecule has 3 heterocycles. The van der Waals surface area contributed by atoms with E-state index in [0.717, 1.165) is 50.1 Å². The molecule has 0 saturated heterocycles. The number of hydrogen-bond donors (Lipinski definition) is 0. The van der Waals surface area contributed by atoms with Crippen molar-refractivity contribution < 1.29 is 4.42 Å². The van der Waals surface area contributed by atoms with Crippen molar-refractivity contribution in [2.24, 2.45) is 0 Å². The number of fused-ring (bicyclic) bond motifs is 11. The molecule has 0 fully saturated rings. The number of thiophene rings is 1. The molecule has 262 valence electrons. The predicted molar refractivity (Wildman–Crippen MR) is 239 cm³/mol. The summed E-state index contributed by atoms with van der Waals surface area (Å²) in [6.45, 7) is 0. The summed E-state index contributed by atoms with van der Waals surface area (Å²) < 4.78 is 11.7. The summed E-state index contributed by atoms with van der Waals surface area (Å²) >= 11 is 1.85. The SMILES string of the molecule is c1cc(-c2ccc3sc4ccccc4c3c2)cc(N(c2ccc(-n3c4ccccc4c4ccccc43)cc2)c2cccc3oc4c5ccccc5ccc4c23)c1. The Morgan fingerprint density at radius 3 is 1.93 bits per heavy atom. The maximum atomic E-state index is 6.71. The second-order valence-corrected chi connectivity index (χ2v) is 15.6. The third kappa shape index (κ3) is 4.70. The Morgan fingerprint density at radius 1 is 0.429 bits per heavy atom. The zero-order chi connectivity index (χ0) is 36.7. The Kier molecular flexibility index (Phi) is 6.80. The molecular formula is C52H32N2OS. The molecule has 0 N–H and O–H groups in total. The van der Waals surface area contributed by atoms with Gasteiger partial charge in [-0.05, 0) is 101 Å². The van der Waals surface area contributed by atoms with Crippen LogP contribution in [0.3, 0.4) is 0 Å². The van der Waals surface area contributed by atoms with Crippen molar-refractivity contribution in [3.05, 3.63) is 194 Å². The number of aromatic nitrogens is 1.